The predicted molar refractivity (Wildman–Crippen MR) is 82.9 cm³/mol. The van der Waals surface area contributed by atoms with Crippen LogP contribution in [-0.4, -0.2) is 28.0 Å². The van der Waals surface area contributed by atoms with Crippen molar-refractivity contribution in [3.05, 3.63) is 40.9 Å². The molecule has 0 bridgehead atoms. The Hall–Kier alpha value is -2.70. The second-order valence-corrected chi connectivity index (χ2v) is 4.82. The molecule has 1 heterocycles. The van der Waals surface area contributed by atoms with E-state index in [0.717, 1.165) is 11.1 Å². The fourth-order valence-electron chi connectivity index (χ4n) is 1.92. The zero-order valence-electron chi connectivity index (χ0n) is 12.3. The minimum Gasteiger partial charge on any atom is -0.356 e. The lowest BCUT2D eigenvalue weighted by Crippen LogP contribution is -2.34. The molecule has 2 amide bonds. The molecule has 7 nitrogen and oxygen atoms in total. The summed E-state index contributed by atoms with van der Waals surface area (Å²) in [6.07, 6.45) is 2.20. The zero-order chi connectivity index (χ0) is 15.9. The molecule has 0 unspecified atom stereocenters. The van der Waals surface area contributed by atoms with Gasteiger partial charge in [-0.25, -0.2) is 9.66 Å². The molecule has 0 radical (unpaired) electrons. The van der Waals surface area contributed by atoms with E-state index in [1.807, 2.05) is 6.92 Å². The standard InChI is InChI=1S/C15H18N4O3/c1-2-9-16-13(20)7-8-14(21)18-19-10-17-12-6-4-3-5-11(12)15(19)22/h3-6,10H,2,7-9H2,1H3,(H,16,20)(H,18,21). The smallest absolute Gasteiger partial charge is 0.280 e. The molecule has 0 saturated heterocycles. The van der Waals surface area contributed by atoms with Crippen LogP contribution in [0.25, 0.3) is 10.9 Å². The minimum absolute atomic E-state index is 0.00874. The van der Waals surface area contributed by atoms with E-state index in [0.29, 0.717) is 17.4 Å². The van der Waals surface area contributed by atoms with Crippen LogP contribution in [-0.2, 0) is 9.59 Å². The van der Waals surface area contributed by atoms with E-state index in [4.69, 9.17) is 0 Å². The van der Waals surface area contributed by atoms with Crippen LogP contribution in [0.3, 0.4) is 0 Å². The van der Waals surface area contributed by atoms with Crippen molar-refractivity contribution in [1.82, 2.24) is 15.0 Å². The van der Waals surface area contributed by atoms with Crippen LogP contribution >= 0.6 is 0 Å². The summed E-state index contributed by atoms with van der Waals surface area (Å²) in [5.41, 5.74) is 2.65. The highest BCUT2D eigenvalue weighted by molar-refractivity contribution is 5.88. The molecular weight excluding hydrogens is 284 g/mol. The van der Waals surface area contributed by atoms with E-state index in [1.54, 1.807) is 24.3 Å². The quantitative estimate of drug-likeness (QED) is 0.824. The third-order valence-electron chi connectivity index (χ3n) is 3.06. The number of aromatic nitrogens is 2. The van der Waals surface area contributed by atoms with Crippen molar-refractivity contribution in [1.29, 1.82) is 0 Å². The van der Waals surface area contributed by atoms with Crippen molar-refractivity contribution in [3.63, 3.8) is 0 Å². The van der Waals surface area contributed by atoms with Crippen molar-refractivity contribution in [2.24, 2.45) is 0 Å². The first-order valence-corrected chi connectivity index (χ1v) is 7.14. The number of benzene rings is 1. The maximum Gasteiger partial charge on any atom is 0.280 e. The molecule has 0 atom stereocenters. The monoisotopic (exact) mass is 302 g/mol. The van der Waals surface area contributed by atoms with Crippen LogP contribution in [0.2, 0.25) is 0 Å². The molecular formula is C15H18N4O3. The van der Waals surface area contributed by atoms with Gasteiger partial charge in [-0.05, 0) is 18.6 Å². The SMILES string of the molecule is CCCNC(=O)CCC(=O)Nn1cnc2ccccc2c1=O. The lowest BCUT2D eigenvalue weighted by Gasteiger charge is -2.08. The molecule has 116 valence electrons. The van der Waals surface area contributed by atoms with Gasteiger partial charge in [-0.3, -0.25) is 19.8 Å². The van der Waals surface area contributed by atoms with Gasteiger partial charge in [-0.1, -0.05) is 19.1 Å². The molecule has 2 rings (SSSR count). The van der Waals surface area contributed by atoms with E-state index in [2.05, 4.69) is 15.7 Å². The summed E-state index contributed by atoms with van der Waals surface area (Å²) in [6.45, 7) is 2.54. The van der Waals surface area contributed by atoms with E-state index >= 15 is 0 Å². The highest BCUT2D eigenvalue weighted by atomic mass is 16.2. The summed E-state index contributed by atoms with van der Waals surface area (Å²) in [5, 5.41) is 3.11. The van der Waals surface area contributed by atoms with E-state index < -0.39 is 5.91 Å². The Kier molecular flexibility index (Phi) is 5.24. The van der Waals surface area contributed by atoms with Gasteiger partial charge < -0.3 is 5.32 Å². The summed E-state index contributed by atoms with van der Waals surface area (Å²) >= 11 is 0. The molecule has 0 spiro atoms. The molecule has 22 heavy (non-hydrogen) atoms. The van der Waals surface area contributed by atoms with Gasteiger partial charge in [0, 0.05) is 19.4 Å². The van der Waals surface area contributed by atoms with Gasteiger partial charge in [0.1, 0.15) is 6.33 Å². The fraction of sp³-hybridized carbons (Fsp3) is 0.333. The fourth-order valence-corrected chi connectivity index (χ4v) is 1.92. The molecule has 2 aromatic rings. The Morgan fingerprint density at radius 3 is 2.68 bits per heavy atom. The van der Waals surface area contributed by atoms with Crippen LogP contribution in [0.15, 0.2) is 35.4 Å². The third kappa shape index (κ3) is 3.91. The lowest BCUT2D eigenvalue weighted by atomic mass is 10.2. The average molecular weight is 302 g/mol. The number of hydrogen-bond donors (Lipinski definition) is 2. The zero-order valence-corrected chi connectivity index (χ0v) is 12.3. The second-order valence-electron chi connectivity index (χ2n) is 4.82. The molecule has 7 heteroatoms. The Morgan fingerprint density at radius 1 is 1.18 bits per heavy atom. The Morgan fingerprint density at radius 2 is 1.91 bits per heavy atom. The first kappa shape index (κ1) is 15.7. The van der Waals surface area contributed by atoms with Gasteiger partial charge in [-0.2, -0.15) is 0 Å². The lowest BCUT2D eigenvalue weighted by molar-refractivity contribution is -0.124. The summed E-state index contributed by atoms with van der Waals surface area (Å²) in [4.78, 5) is 39.5. The highest BCUT2D eigenvalue weighted by Gasteiger charge is 2.09. The van der Waals surface area contributed by atoms with Gasteiger partial charge in [0.05, 0.1) is 10.9 Å². The van der Waals surface area contributed by atoms with Crippen LogP contribution in [0, 0.1) is 0 Å². The van der Waals surface area contributed by atoms with E-state index in [-0.39, 0.29) is 24.3 Å². The van der Waals surface area contributed by atoms with Crippen LogP contribution in [0.5, 0.6) is 0 Å². The first-order chi connectivity index (χ1) is 10.6. The Bertz CT molecular complexity index is 739. The first-order valence-electron chi connectivity index (χ1n) is 7.14. The number of para-hydroxylation sites is 1. The largest absolute Gasteiger partial charge is 0.356 e. The molecule has 2 N–H and O–H groups in total. The van der Waals surface area contributed by atoms with Crippen LogP contribution in [0.4, 0.5) is 0 Å². The number of rotatable bonds is 6. The maximum atomic E-state index is 12.2. The number of nitrogens with zero attached hydrogens (tertiary/aromatic N) is 2. The number of fused-ring (bicyclic) bond motifs is 1. The van der Waals surface area contributed by atoms with Crippen molar-refractivity contribution in [2.75, 3.05) is 12.0 Å². The Balaban J connectivity index is 1.99. The summed E-state index contributed by atoms with van der Waals surface area (Å²) in [7, 11) is 0. The molecule has 0 saturated carbocycles. The number of carbonyl (C=O) groups excluding carboxylic acids is 2. The van der Waals surface area contributed by atoms with Crippen molar-refractivity contribution < 1.29 is 9.59 Å². The van der Waals surface area contributed by atoms with Crippen molar-refractivity contribution >= 4 is 22.7 Å². The molecule has 0 aliphatic heterocycles. The van der Waals surface area contributed by atoms with Gasteiger partial charge in [-0.15, -0.1) is 0 Å². The number of carbonyl (C=O) groups is 2. The molecule has 1 aromatic carbocycles. The van der Waals surface area contributed by atoms with Crippen molar-refractivity contribution in [3.8, 4) is 0 Å². The third-order valence-corrected chi connectivity index (χ3v) is 3.06. The number of nitrogens with one attached hydrogen (secondary N) is 2. The normalized spacial score (nSPS) is 10.4. The molecule has 0 aliphatic carbocycles. The van der Waals surface area contributed by atoms with Crippen molar-refractivity contribution in [2.45, 2.75) is 26.2 Å². The number of amides is 2. The predicted octanol–water partition coefficient (Wildman–Crippen LogP) is 0.773. The van der Waals surface area contributed by atoms with Crippen LogP contribution in [0.1, 0.15) is 26.2 Å². The van der Waals surface area contributed by atoms with Gasteiger partial charge in [0.15, 0.2) is 0 Å². The summed E-state index contributed by atoms with van der Waals surface area (Å²) in [5.74, 6) is -0.591. The molecule has 0 aliphatic rings. The van der Waals surface area contributed by atoms with Gasteiger partial charge in [0.25, 0.3) is 5.56 Å². The number of hydrogen-bond acceptors (Lipinski definition) is 4. The maximum absolute atomic E-state index is 12.2. The molecule has 0 fully saturated rings. The Labute approximate surface area is 127 Å². The molecule has 1 aromatic heterocycles. The van der Waals surface area contributed by atoms with E-state index in [1.165, 1.54) is 6.33 Å². The van der Waals surface area contributed by atoms with Gasteiger partial charge in [0.2, 0.25) is 11.8 Å². The highest BCUT2D eigenvalue weighted by Crippen LogP contribution is 2.04. The summed E-state index contributed by atoms with van der Waals surface area (Å²) < 4.78 is 1.04. The van der Waals surface area contributed by atoms with Crippen LogP contribution < -0.4 is 16.3 Å². The van der Waals surface area contributed by atoms with E-state index in [9.17, 15) is 14.4 Å². The minimum atomic E-state index is -0.411. The second kappa shape index (κ2) is 7.35. The average Bonchev–Trinajstić information content (AvgIpc) is 2.54. The topological polar surface area (TPSA) is 93.1 Å². The summed E-state index contributed by atoms with van der Waals surface area (Å²) in [6, 6.07) is 6.88. The van der Waals surface area contributed by atoms with Gasteiger partial charge >= 0.3 is 0 Å².